The molecular formula is C24H28ClN3O5. The van der Waals surface area contributed by atoms with Crippen molar-refractivity contribution >= 4 is 40.5 Å². The minimum Gasteiger partial charge on any atom is -0.469 e. The van der Waals surface area contributed by atoms with Crippen molar-refractivity contribution in [1.29, 1.82) is 0 Å². The third kappa shape index (κ3) is 4.76. The molecule has 4 rings (SSSR count). The van der Waals surface area contributed by atoms with Gasteiger partial charge in [-0.1, -0.05) is 24.6 Å². The maximum absolute atomic E-state index is 13.1. The monoisotopic (exact) mass is 473 g/mol. The van der Waals surface area contributed by atoms with Crippen LogP contribution in [0.5, 0.6) is 0 Å². The van der Waals surface area contributed by atoms with Gasteiger partial charge in [0.05, 0.1) is 30.2 Å². The zero-order chi connectivity index (χ0) is 23.5. The lowest BCUT2D eigenvalue weighted by molar-refractivity contribution is -0.145. The Labute approximate surface area is 197 Å². The lowest BCUT2D eigenvalue weighted by Gasteiger charge is -2.34. The molecular weight excluding hydrogens is 446 g/mol. The molecule has 9 heteroatoms. The number of pyridine rings is 1. The lowest BCUT2D eigenvalue weighted by atomic mass is 9.86. The summed E-state index contributed by atoms with van der Waals surface area (Å²) in [5.74, 6) is -0.574. The third-order valence-electron chi connectivity index (χ3n) is 6.32. The normalized spacial score (nSPS) is 18.1. The number of carbonyl (C=O) groups excluding carboxylic acids is 3. The van der Waals surface area contributed by atoms with Crippen LogP contribution in [0.3, 0.4) is 0 Å². The van der Waals surface area contributed by atoms with Crippen LogP contribution in [0.15, 0.2) is 18.2 Å². The second-order valence-corrected chi connectivity index (χ2v) is 8.82. The van der Waals surface area contributed by atoms with Crippen molar-refractivity contribution in [3.05, 3.63) is 40.0 Å². The first kappa shape index (κ1) is 23.3. The third-order valence-corrected chi connectivity index (χ3v) is 6.75. The number of aromatic nitrogens is 1. The molecule has 2 aromatic rings. The predicted octanol–water partition coefficient (Wildman–Crippen LogP) is 3.47. The van der Waals surface area contributed by atoms with Gasteiger partial charge in [-0.3, -0.25) is 14.6 Å². The highest BCUT2D eigenvalue weighted by Crippen LogP contribution is 2.35. The summed E-state index contributed by atoms with van der Waals surface area (Å²) in [6.45, 7) is 4.11. The number of rotatable bonds is 4. The molecule has 176 valence electrons. The molecule has 1 aliphatic heterocycles. The van der Waals surface area contributed by atoms with Crippen molar-refractivity contribution in [2.24, 2.45) is 5.92 Å². The van der Waals surface area contributed by atoms with Gasteiger partial charge in [-0.05, 0) is 37.0 Å². The zero-order valence-electron chi connectivity index (χ0n) is 18.9. The van der Waals surface area contributed by atoms with Crippen LogP contribution >= 0.6 is 11.6 Å². The Morgan fingerprint density at radius 2 is 1.88 bits per heavy atom. The molecule has 2 aliphatic rings. The number of fused-ring (bicyclic) bond motifs is 2. The van der Waals surface area contributed by atoms with Gasteiger partial charge >= 0.3 is 12.1 Å². The molecule has 0 radical (unpaired) electrons. The second kappa shape index (κ2) is 9.95. The molecule has 1 aliphatic carbocycles. The van der Waals surface area contributed by atoms with Gasteiger partial charge in [0.25, 0.3) is 5.91 Å². The Kier molecular flexibility index (Phi) is 7.02. The molecule has 1 aromatic carbocycles. The van der Waals surface area contributed by atoms with E-state index in [0.717, 1.165) is 23.1 Å². The fraction of sp³-hybridized carbons (Fsp3) is 0.500. The first-order valence-corrected chi connectivity index (χ1v) is 11.7. The number of ether oxygens (including phenoxy) is 2. The number of benzene rings is 1. The highest BCUT2D eigenvalue weighted by atomic mass is 35.5. The van der Waals surface area contributed by atoms with Gasteiger partial charge in [0.2, 0.25) is 0 Å². The minimum absolute atomic E-state index is 0.110. The van der Waals surface area contributed by atoms with Crippen LogP contribution in [-0.4, -0.2) is 72.6 Å². The number of piperazine rings is 1. The number of carbonyl (C=O) groups is 3. The molecule has 1 saturated heterocycles. The summed E-state index contributed by atoms with van der Waals surface area (Å²) in [4.78, 5) is 45.3. The molecule has 0 spiro atoms. The number of hydrogen-bond donors (Lipinski definition) is 0. The topological polar surface area (TPSA) is 89.0 Å². The molecule has 33 heavy (non-hydrogen) atoms. The Morgan fingerprint density at radius 3 is 2.58 bits per heavy atom. The van der Waals surface area contributed by atoms with Gasteiger partial charge < -0.3 is 19.3 Å². The van der Waals surface area contributed by atoms with E-state index in [4.69, 9.17) is 26.1 Å². The number of amides is 2. The Hall–Kier alpha value is -2.87. The summed E-state index contributed by atoms with van der Waals surface area (Å²) in [6.07, 6.45) is 2.27. The maximum atomic E-state index is 13.1. The van der Waals surface area contributed by atoms with Crippen molar-refractivity contribution in [3.8, 4) is 0 Å². The van der Waals surface area contributed by atoms with Gasteiger partial charge in [-0.15, -0.1) is 0 Å². The summed E-state index contributed by atoms with van der Waals surface area (Å²) in [7, 11) is 1.39. The maximum Gasteiger partial charge on any atom is 0.409 e. The highest BCUT2D eigenvalue weighted by molar-refractivity contribution is 6.36. The summed E-state index contributed by atoms with van der Waals surface area (Å²) < 4.78 is 10.1. The Balaban J connectivity index is 1.51. The first-order valence-electron chi connectivity index (χ1n) is 11.3. The number of halogens is 1. The fourth-order valence-electron chi connectivity index (χ4n) is 4.45. The van der Waals surface area contributed by atoms with Gasteiger partial charge in [0.15, 0.2) is 0 Å². The van der Waals surface area contributed by atoms with Crippen LogP contribution < -0.4 is 0 Å². The van der Waals surface area contributed by atoms with Crippen LogP contribution in [0, 0.1) is 5.92 Å². The van der Waals surface area contributed by atoms with E-state index in [0.29, 0.717) is 68.2 Å². The Bertz CT molecular complexity index is 1080. The summed E-state index contributed by atoms with van der Waals surface area (Å²) in [5.41, 5.74) is 2.91. The van der Waals surface area contributed by atoms with E-state index < -0.39 is 0 Å². The second-order valence-electron chi connectivity index (χ2n) is 8.44. The van der Waals surface area contributed by atoms with E-state index in [1.54, 1.807) is 21.9 Å². The molecule has 1 aromatic heterocycles. The molecule has 0 saturated carbocycles. The highest BCUT2D eigenvalue weighted by Gasteiger charge is 2.29. The molecule has 2 heterocycles. The van der Waals surface area contributed by atoms with Crippen LogP contribution in [0.1, 0.15) is 41.4 Å². The van der Waals surface area contributed by atoms with Crippen molar-refractivity contribution in [3.63, 3.8) is 0 Å². The van der Waals surface area contributed by atoms with E-state index in [2.05, 4.69) is 0 Å². The summed E-state index contributed by atoms with van der Waals surface area (Å²) in [5, 5.41) is 1.43. The van der Waals surface area contributed by atoms with Gasteiger partial charge in [0.1, 0.15) is 0 Å². The number of esters is 1. The van der Waals surface area contributed by atoms with E-state index >= 15 is 0 Å². The molecule has 1 unspecified atom stereocenters. The predicted molar refractivity (Wildman–Crippen MR) is 123 cm³/mol. The lowest BCUT2D eigenvalue weighted by Crippen LogP contribution is -2.50. The summed E-state index contributed by atoms with van der Waals surface area (Å²) in [6, 6.07) is 5.36. The van der Waals surface area contributed by atoms with Crippen LogP contribution in [0.2, 0.25) is 5.02 Å². The van der Waals surface area contributed by atoms with Gasteiger partial charge in [0, 0.05) is 49.2 Å². The van der Waals surface area contributed by atoms with Crippen LogP contribution in [-0.2, 0) is 27.1 Å². The standard InChI is InChI=1S/C24H28ClN3O5/c1-3-12-33-24(31)28-10-8-27(9-11-28)22(29)15-4-6-17-19(13-15)26-20-14-16(23(30)32-2)5-7-18(20)21(17)25/h4,6,13,16H,3,5,7-12,14H2,1-2H3. The smallest absolute Gasteiger partial charge is 0.409 e. The summed E-state index contributed by atoms with van der Waals surface area (Å²) >= 11 is 6.68. The van der Waals surface area contributed by atoms with E-state index in [-0.39, 0.29) is 23.9 Å². The molecule has 1 fully saturated rings. The van der Waals surface area contributed by atoms with E-state index in [1.165, 1.54) is 7.11 Å². The number of hydrogen-bond acceptors (Lipinski definition) is 6. The van der Waals surface area contributed by atoms with E-state index in [1.807, 2.05) is 13.0 Å². The van der Waals surface area contributed by atoms with Crippen LogP contribution in [0.25, 0.3) is 10.9 Å². The molecule has 1 atom stereocenters. The number of nitrogens with zero attached hydrogens (tertiary/aromatic N) is 3. The van der Waals surface area contributed by atoms with Gasteiger partial charge in [-0.25, -0.2) is 4.79 Å². The fourth-order valence-corrected chi connectivity index (χ4v) is 4.81. The van der Waals surface area contributed by atoms with Crippen molar-refractivity contribution < 1.29 is 23.9 Å². The molecule has 0 N–H and O–H groups in total. The molecule has 8 nitrogen and oxygen atoms in total. The van der Waals surface area contributed by atoms with Crippen LogP contribution in [0.4, 0.5) is 4.79 Å². The average Bonchev–Trinajstić information content (AvgIpc) is 2.85. The van der Waals surface area contributed by atoms with Gasteiger partial charge in [-0.2, -0.15) is 0 Å². The van der Waals surface area contributed by atoms with Crippen molar-refractivity contribution in [2.45, 2.75) is 32.6 Å². The van der Waals surface area contributed by atoms with E-state index in [9.17, 15) is 14.4 Å². The average molecular weight is 474 g/mol. The number of methoxy groups -OCH3 is 1. The van der Waals surface area contributed by atoms with Crippen molar-refractivity contribution in [1.82, 2.24) is 14.8 Å². The SMILES string of the molecule is CCCOC(=O)N1CCN(C(=O)c2ccc3c(Cl)c4c(nc3c2)CC(C(=O)OC)CC4)CC1. The quantitative estimate of drug-likeness (QED) is 0.632. The molecule has 2 amide bonds. The molecule has 0 bridgehead atoms. The first-order chi connectivity index (χ1) is 15.9. The zero-order valence-corrected chi connectivity index (χ0v) is 19.7. The van der Waals surface area contributed by atoms with Crippen molar-refractivity contribution in [2.75, 3.05) is 39.9 Å². The minimum atomic E-state index is -0.330. The Morgan fingerprint density at radius 1 is 1.15 bits per heavy atom. The largest absolute Gasteiger partial charge is 0.469 e.